The molecular weight excluding hydrogens is 352 g/mol. The minimum atomic E-state index is 0.418. The molecule has 0 saturated heterocycles. The van der Waals surface area contributed by atoms with Gasteiger partial charge in [0.25, 0.3) is 0 Å². The Hall–Kier alpha value is -1.64. The maximum atomic E-state index is 6.25. The molecule has 4 rings (SSSR count). The van der Waals surface area contributed by atoms with Gasteiger partial charge in [-0.3, -0.25) is 4.90 Å². The van der Waals surface area contributed by atoms with E-state index in [9.17, 15) is 0 Å². The van der Waals surface area contributed by atoms with Gasteiger partial charge in [0, 0.05) is 31.1 Å². The van der Waals surface area contributed by atoms with E-state index in [-0.39, 0.29) is 0 Å². The van der Waals surface area contributed by atoms with E-state index in [2.05, 4.69) is 65.6 Å². The summed E-state index contributed by atoms with van der Waals surface area (Å²) in [7, 11) is 0. The van der Waals surface area contributed by atoms with Crippen molar-refractivity contribution in [3.05, 3.63) is 71.8 Å². The van der Waals surface area contributed by atoms with Gasteiger partial charge in [-0.15, -0.1) is 0 Å². The zero-order chi connectivity index (χ0) is 19.9. The quantitative estimate of drug-likeness (QED) is 0.631. The van der Waals surface area contributed by atoms with Crippen molar-refractivity contribution in [2.24, 2.45) is 11.7 Å². The maximum Gasteiger partial charge on any atom is 0.0217 e. The van der Waals surface area contributed by atoms with Gasteiger partial charge in [0.2, 0.25) is 0 Å². The van der Waals surface area contributed by atoms with Crippen LogP contribution in [0.4, 0.5) is 0 Å². The van der Waals surface area contributed by atoms with Gasteiger partial charge in [0.05, 0.1) is 0 Å². The van der Waals surface area contributed by atoms with Crippen molar-refractivity contribution in [2.75, 3.05) is 13.1 Å². The van der Waals surface area contributed by atoms with Gasteiger partial charge >= 0.3 is 0 Å². The van der Waals surface area contributed by atoms with Crippen LogP contribution in [0.15, 0.2) is 60.7 Å². The fourth-order valence-electron chi connectivity index (χ4n) is 5.55. The minimum Gasteiger partial charge on any atom is -0.328 e. The van der Waals surface area contributed by atoms with Crippen molar-refractivity contribution < 1.29 is 0 Å². The fraction of sp³-hybridized carbons (Fsp3) is 0.556. The zero-order valence-electron chi connectivity index (χ0n) is 17.9. The lowest BCUT2D eigenvalue weighted by atomic mass is 9.84. The summed E-state index contributed by atoms with van der Waals surface area (Å²) in [6, 6.07) is 23.4. The maximum absolute atomic E-state index is 6.25. The number of nitrogens with two attached hydrogens (primary N) is 1. The number of hydrogen-bond donors (Lipinski definition) is 1. The van der Waals surface area contributed by atoms with Crippen LogP contribution in [0.3, 0.4) is 0 Å². The third kappa shape index (κ3) is 5.71. The smallest absolute Gasteiger partial charge is 0.0217 e. The lowest BCUT2D eigenvalue weighted by Crippen LogP contribution is -2.45. The van der Waals surface area contributed by atoms with E-state index in [1.807, 2.05) is 0 Å². The van der Waals surface area contributed by atoms with E-state index >= 15 is 0 Å². The molecular formula is C27H38N2. The van der Waals surface area contributed by atoms with Crippen molar-refractivity contribution in [1.82, 2.24) is 4.90 Å². The highest BCUT2D eigenvalue weighted by atomic mass is 15.2. The first-order valence-electron chi connectivity index (χ1n) is 11.9. The van der Waals surface area contributed by atoms with Gasteiger partial charge in [0.1, 0.15) is 0 Å². The van der Waals surface area contributed by atoms with Crippen molar-refractivity contribution in [3.63, 3.8) is 0 Å². The lowest BCUT2D eigenvalue weighted by molar-refractivity contribution is 0.113. The summed E-state index contributed by atoms with van der Waals surface area (Å²) in [6.07, 6.45) is 12.0. The highest BCUT2D eigenvalue weighted by Gasteiger charge is 2.29. The molecule has 2 aliphatic rings. The fourth-order valence-corrected chi connectivity index (χ4v) is 5.55. The average molecular weight is 391 g/mol. The summed E-state index contributed by atoms with van der Waals surface area (Å²) >= 11 is 0. The van der Waals surface area contributed by atoms with E-state index in [4.69, 9.17) is 5.73 Å². The Balaban J connectivity index is 1.57. The van der Waals surface area contributed by atoms with Crippen LogP contribution in [0.1, 0.15) is 74.8 Å². The van der Waals surface area contributed by atoms with Gasteiger partial charge in [-0.05, 0) is 55.6 Å². The van der Waals surface area contributed by atoms with E-state index in [1.165, 1.54) is 75.5 Å². The molecule has 2 heteroatoms. The van der Waals surface area contributed by atoms with Crippen molar-refractivity contribution in [3.8, 4) is 0 Å². The number of hydrogen-bond acceptors (Lipinski definition) is 2. The molecule has 0 amide bonds. The Morgan fingerprint density at radius 3 is 1.83 bits per heavy atom. The van der Waals surface area contributed by atoms with Gasteiger partial charge in [-0.2, -0.15) is 0 Å². The second-order valence-corrected chi connectivity index (χ2v) is 9.40. The molecule has 0 heterocycles. The van der Waals surface area contributed by atoms with Crippen LogP contribution in [0, 0.1) is 5.92 Å². The van der Waals surface area contributed by atoms with E-state index in [0.717, 1.165) is 12.5 Å². The van der Waals surface area contributed by atoms with Crippen LogP contribution in [-0.4, -0.2) is 30.1 Å². The summed E-state index contributed by atoms with van der Waals surface area (Å²) in [5, 5.41) is 0. The first-order chi connectivity index (χ1) is 14.3. The molecule has 2 nitrogen and oxygen atoms in total. The van der Waals surface area contributed by atoms with Crippen LogP contribution in [-0.2, 0) is 0 Å². The van der Waals surface area contributed by atoms with Crippen LogP contribution in [0.25, 0.3) is 0 Å². The third-order valence-electron chi connectivity index (χ3n) is 7.30. The molecule has 2 aromatic rings. The van der Waals surface area contributed by atoms with Crippen LogP contribution in [0.5, 0.6) is 0 Å². The number of nitrogens with zero attached hydrogens (tertiary/aromatic N) is 1. The van der Waals surface area contributed by atoms with Crippen LogP contribution in [0.2, 0.25) is 0 Å². The minimum absolute atomic E-state index is 0.418. The molecule has 0 atom stereocenters. The first-order valence-corrected chi connectivity index (χ1v) is 11.9. The summed E-state index contributed by atoms with van der Waals surface area (Å²) in [5.41, 5.74) is 9.13. The monoisotopic (exact) mass is 390 g/mol. The molecule has 0 unspecified atom stereocenters. The van der Waals surface area contributed by atoms with E-state index in [1.54, 1.807) is 0 Å². The van der Waals surface area contributed by atoms with E-state index < -0.39 is 0 Å². The number of rotatable bonds is 7. The molecule has 2 aromatic carbocycles. The summed E-state index contributed by atoms with van der Waals surface area (Å²) in [6.45, 7) is 2.40. The molecule has 2 aliphatic carbocycles. The Morgan fingerprint density at radius 1 is 0.724 bits per heavy atom. The molecule has 0 aromatic heterocycles. The van der Waals surface area contributed by atoms with Gasteiger partial charge in [0.15, 0.2) is 0 Å². The molecule has 0 radical (unpaired) electrons. The van der Waals surface area contributed by atoms with Crippen LogP contribution < -0.4 is 5.73 Å². The van der Waals surface area contributed by atoms with Crippen LogP contribution >= 0.6 is 0 Å². The molecule has 156 valence electrons. The van der Waals surface area contributed by atoms with Gasteiger partial charge in [-0.1, -0.05) is 79.9 Å². The first kappa shape index (κ1) is 20.6. The highest BCUT2D eigenvalue weighted by Crippen LogP contribution is 2.32. The topological polar surface area (TPSA) is 29.3 Å². The molecule has 29 heavy (non-hydrogen) atoms. The molecule has 0 spiro atoms. The largest absolute Gasteiger partial charge is 0.328 e. The Labute approximate surface area is 177 Å². The van der Waals surface area contributed by atoms with E-state index in [0.29, 0.717) is 18.0 Å². The molecule has 0 bridgehead atoms. The summed E-state index contributed by atoms with van der Waals surface area (Å²) in [4.78, 5) is 2.87. The molecule has 2 fully saturated rings. The normalized spacial score (nSPS) is 23.6. The zero-order valence-corrected chi connectivity index (χ0v) is 17.9. The average Bonchev–Trinajstić information content (AvgIpc) is 2.79. The van der Waals surface area contributed by atoms with Gasteiger partial charge in [-0.25, -0.2) is 0 Å². The van der Waals surface area contributed by atoms with Gasteiger partial charge < -0.3 is 5.73 Å². The number of benzene rings is 2. The Kier molecular flexibility index (Phi) is 7.40. The predicted octanol–water partition coefficient (Wildman–Crippen LogP) is 5.97. The van der Waals surface area contributed by atoms with Crippen molar-refractivity contribution in [1.29, 1.82) is 0 Å². The van der Waals surface area contributed by atoms with Crippen molar-refractivity contribution in [2.45, 2.75) is 75.8 Å². The lowest BCUT2D eigenvalue weighted by Gasteiger charge is -2.40. The second kappa shape index (κ2) is 10.4. The predicted molar refractivity (Wildman–Crippen MR) is 123 cm³/mol. The van der Waals surface area contributed by atoms with Crippen molar-refractivity contribution >= 4 is 0 Å². The molecule has 0 aliphatic heterocycles. The summed E-state index contributed by atoms with van der Waals surface area (Å²) in [5.74, 6) is 1.32. The second-order valence-electron chi connectivity index (χ2n) is 9.40. The SMILES string of the molecule is NC1CCC(N(CC2CCCCC2)CC(c2ccccc2)c2ccccc2)CC1. The molecule has 2 saturated carbocycles. The Bertz CT molecular complexity index is 660. The standard InChI is InChI=1S/C27H38N2/c28-25-16-18-26(19-17-25)29(20-22-10-4-1-5-11-22)21-27(23-12-6-2-7-13-23)24-14-8-3-9-15-24/h2-3,6-9,12-15,22,25-27H,1,4-5,10-11,16-21,28H2. The Morgan fingerprint density at radius 2 is 1.28 bits per heavy atom. The molecule has 2 N–H and O–H groups in total. The summed E-state index contributed by atoms with van der Waals surface area (Å²) < 4.78 is 0. The highest BCUT2D eigenvalue weighted by molar-refractivity contribution is 5.32. The third-order valence-corrected chi connectivity index (χ3v) is 7.30.